The van der Waals surface area contributed by atoms with E-state index in [9.17, 15) is 18.0 Å². The zero-order valence-electron chi connectivity index (χ0n) is 17.8. The van der Waals surface area contributed by atoms with Crippen molar-refractivity contribution in [3.63, 3.8) is 0 Å². The molecule has 2 aromatic rings. The van der Waals surface area contributed by atoms with Crippen molar-refractivity contribution in [1.29, 1.82) is 5.26 Å². The van der Waals surface area contributed by atoms with E-state index < -0.39 is 28.7 Å². The molecule has 0 bridgehead atoms. The van der Waals surface area contributed by atoms with Gasteiger partial charge in [0, 0.05) is 12.1 Å². The molecule has 2 fully saturated rings. The maximum atomic E-state index is 13.5. The monoisotopic (exact) mass is 475 g/mol. The van der Waals surface area contributed by atoms with Gasteiger partial charge in [-0.15, -0.1) is 0 Å². The number of carbonyl (C=O) groups excluding carboxylic acids is 1. The number of halogens is 3. The molecule has 2 aliphatic heterocycles. The molecule has 2 aromatic carbocycles. The summed E-state index contributed by atoms with van der Waals surface area (Å²) in [5.74, 6) is 0.163. The van der Waals surface area contributed by atoms with Gasteiger partial charge in [0.2, 0.25) is 0 Å². The van der Waals surface area contributed by atoms with Gasteiger partial charge in [-0.2, -0.15) is 18.4 Å². The minimum Gasteiger partial charge on any atom is -0.488 e. The Kier molecular flexibility index (Phi) is 5.80. The summed E-state index contributed by atoms with van der Waals surface area (Å²) in [6, 6.07) is 11.7. The number of hydrogen-bond acceptors (Lipinski definition) is 5. The molecule has 0 aliphatic carbocycles. The molecule has 6 nitrogen and oxygen atoms in total. The van der Waals surface area contributed by atoms with Crippen LogP contribution in [-0.2, 0) is 15.7 Å². The largest absolute Gasteiger partial charge is 0.488 e. The average molecular weight is 475 g/mol. The zero-order valence-corrected chi connectivity index (χ0v) is 18.7. The van der Waals surface area contributed by atoms with Crippen LogP contribution in [0.3, 0.4) is 0 Å². The summed E-state index contributed by atoms with van der Waals surface area (Å²) in [7, 11) is 0. The minimum absolute atomic E-state index is 0.0172. The molecule has 0 aromatic heterocycles. The lowest BCUT2D eigenvalue weighted by atomic mass is 10.0. The molecule has 2 saturated heterocycles. The van der Waals surface area contributed by atoms with E-state index in [1.165, 1.54) is 12.1 Å². The fourth-order valence-corrected chi connectivity index (χ4v) is 4.45. The van der Waals surface area contributed by atoms with Gasteiger partial charge >= 0.3 is 6.18 Å². The molecule has 2 heterocycles. The number of amides is 1. The number of alkyl halides is 3. The van der Waals surface area contributed by atoms with Gasteiger partial charge in [-0.3, -0.25) is 9.69 Å². The number of ether oxygens (including phenoxy) is 2. The Morgan fingerprint density at radius 2 is 1.85 bits per heavy atom. The highest BCUT2D eigenvalue weighted by Crippen LogP contribution is 2.40. The first-order chi connectivity index (χ1) is 15.5. The second-order valence-electron chi connectivity index (χ2n) is 8.25. The molecule has 1 amide bonds. The molecule has 0 radical (unpaired) electrons. The van der Waals surface area contributed by atoms with Crippen LogP contribution >= 0.6 is 12.2 Å². The SMILES string of the molecule is CC1(C)C(=O)N(c2ccc(C#N)c(C(F)(F)F)c2)C(=S)N1c1ccc(O[C@@H]2CCOC2)cc1. The maximum absolute atomic E-state index is 13.5. The normalized spacial score (nSPS) is 20.3. The van der Waals surface area contributed by atoms with E-state index in [2.05, 4.69) is 0 Å². The molecular weight excluding hydrogens is 455 g/mol. The molecule has 0 spiro atoms. The molecule has 1 atom stereocenters. The Hall–Kier alpha value is -3.16. The van der Waals surface area contributed by atoms with Crippen molar-refractivity contribution in [3.05, 3.63) is 53.6 Å². The third kappa shape index (κ3) is 4.14. The predicted octanol–water partition coefficient (Wildman–Crippen LogP) is 4.66. The molecule has 0 unspecified atom stereocenters. The van der Waals surface area contributed by atoms with Crippen molar-refractivity contribution in [2.24, 2.45) is 0 Å². The van der Waals surface area contributed by atoms with Crippen molar-refractivity contribution in [2.75, 3.05) is 23.0 Å². The number of rotatable bonds is 4. The third-order valence-corrected chi connectivity index (χ3v) is 6.01. The van der Waals surface area contributed by atoms with E-state index in [1.807, 2.05) is 0 Å². The van der Waals surface area contributed by atoms with E-state index in [-0.39, 0.29) is 16.9 Å². The topological polar surface area (TPSA) is 65.8 Å². The Labute approximate surface area is 194 Å². The second kappa shape index (κ2) is 8.32. The molecule has 0 N–H and O–H groups in total. The van der Waals surface area contributed by atoms with Crippen molar-refractivity contribution in [2.45, 2.75) is 38.1 Å². The van der Waals surface area contributed by atoms with Gasteiger partial charge in [-0.25, -0.2) is 0 Å². The van der Waals surface area contributed by atoms with Gasteiger partial charge in [-0.1, -0.05) is 0 Å². The first-order valence-corrected chi connectivity index (χ1v) is 10.6. The average Bonchev–Trinajstić information content (AvgIpc) is 3.33. The number of thiocarbonyl (C=S) groups is 1. The van der Waals surface area contributed by atoms with E-state index in [4.69, 9.17) is 27.0 Å². The lowest BCUT2D eigenvalue weighted by molar-refractivity contribution is -0.137. The van der Waals surface area contributed by atoms with Crippen LogP contribution in [0.1, 0.15) is 31.4 Å². The van der Waals surface area contributed by atoms with Crippen molar-refractivity contribution >= 4 is 34.6 Å². The Bertz CT molecular complexity index is 1140. The molecule has 0 saturated carbocycles. The van der Waals surface area contributed by atoms with E-state index in [1.54, 1.807) is 43.0 Å². The van der Waals surface area contributed by atoms with E-state index in [0.29, 0.717) is 24.7 Å². The van der Waals surface area contributed by atoms with Crippen LogP contribution in [0.15, 0.2) is 42.5 Å². The van der Waals surface area contributed by atoms with Crippen LogP contribution < -0.4 is 14.5 Å². The standard InChI is InChI=1S/C23H20F3N3O3S/c1-22(2)20(30)28(16-4-3-14(12-27)19(11-16)23(24,25)26)21(33)29(22)15-5-7-17(8-6-15)32-18-9-10-31-13-18/h3-8,11,18H,9-10,13H2,1-2H3/t18-/m1/s1. The highest BCUT2D eigenvalue weighted by molar-refractivity contribution is 7.81. The van der Waals surface area contributed by atoms with Crippen LogP contribution in [-0.4, -0.2) is 35.9 Å². The number of nitrogens with zero attached hydrogens (tertiary/aromatic N) is 3. The Morgan fingerprint density at radius 1 is 1.18 bits per heavy atom. The molecular formula is C23H20F3N3O3S. The summed E-state index contributed by atoms with van der Waals surface area (Å²) in [4.78, 5) is 15.9. The number of benzene rings is 2. The van der Waals surface area contributed by atoms with E-state index >= 15 is 0 Å². The smallest absolute Gasteiger partial charge is 0.417 e. The molecule has 10 heteroatoms. The highest BCUT2D eigenvalue weighted by atomic mass is 32.1. The van der Waals surface area contributed by atoms with Gasteiger partial charge < -0.3 is 14.4 Å². The molecule has 172 valence electrons. The van der Waals surface area contributed by atoms with Crippen LogP contribution in [0.4, 0.5) is 24.5 Å². The summed E-state index contributed by atoms with van der Waals surface area (Å²) >= 11 is 5.54. The van der Waals surface area contributed by atoms with Gasteiger partial charge in [0.1, 0.15) is 17.4 Å². The van der Waals surface area contributed by atoms with Crippen molar-refractivity contribution in [1.82, 2.24) is 0 Å². The van der Waals surface area contributed by atoms with Gasteiger partial charge in [0.05, 0.1) is 36.1 Å². The quantitative estimate of drug-likeness (QED) is 0.600. The van der Waals surface area contributed by atoms with Crippen LogP contribution in [0.2, 0.25) is 0 Å². The first-order valence-electron chi connectivity index (χ1n) is 10.2. The van der Waals surface area contributed by atoms with E-state index in [0.717, 1.165) is 23.5 Å². The minimum atomic E-state index is -4.75. The number of nitriles is 1. The maximum Gasteiger partial charge on any atom is 0.417 e. The molecule has 4 rings (SSSR count). The second-order valence-corrected chi connectivity index (χ2v) is 8.62. The van der Waals surface area contributed by atoms with Crippen molar-refractivity contribution in [3.8, 4) is 11.8 Å². The fraction of sp³-hybridized carbons (Fsp3) is 0.348. The molecule has 33 heavy (non-hydrogen) atoms. The number of carbonyl (C=O) groups is 1. The van der Waals surface area contributed by atoms with Crippen molar-refractivity contribution < 1.29 is 27.4 Å². The summed E-state index contributed by atoms with van der Waals surface area (Å²) < 4.78 is 51.5. The van der Waals surface area contributed by atoms with Crippen LogP contribution in [0.25, 0.3) is 0 Å². The summed E-state index contributed by atoms with van der Waals surface area (Å²) in [6.07, 6.45) is -3.96. The van der Waals surface area contributed by atoms with Gasteiger partial charge in [0.15, 0.2) is 5.11 Å². The first kappa shape index (κ1) is 23.0. The van der Waals surface area contributed by atoms with Gasteiger partial charge in [0.25, 0.3) is 5.91 Å². The number of hydrogen-bond donors (Lipinski definition) is 0. The lowest BCUT2D eigenvalue weighted by Gasteiger charge is -2.29. The fourth-order valence-electron chi connectivity index (χ4n) is 3.93. The highest BCUT2D eigenvalue weighted by Gasteiger charge is 2.50. The summed E-state index contributed by atoms with van der Waals surface area (Å²) in [5.41, 5.74) is -2.24. The zero-order chi connectivity index (χ0) is 24.0. The lowest BCUT2D eigenvalue weighted by Crippen LogP contribution is -2.44. The van der Waals surface area contributed by atoms with Crippen LogP contribution in [0, 0.1) is 11.3 Å². The summed E-state index contributed by atoms with van der Waals surface area (Å²) in [5, 5.41) is 9.09. The molecule has 2 aliphatic rings. The Morgan fingerprint density at radius 3 is 2.42 bits per heavy atom. The predicted molar refractivity (Wildman–Crippen MR) is 119 cm³/mol. The Balaban J connectivity index is 1.66. The van der Waals surface area contributed by atoms with Gasteiger partial charge in [-0.05, 0) is 68.5 Å². The number of anilines is 2. The third-order valence-electron chi connectivity index (χ3n) is 5.64. The van der Waals surface area contributed by atoms with Crippen LogP contribution in [0.5, 0.6) is 5.75 Å². The summed E-state index contributed by atoms with van der Waals surface area (Å²) in [6.45, 7) is 4.48.